The molecule has 0 aliphatic heterocycles. The summed E-state index contributed by atoms with van der Waals surface area (Å²) in [6.07, 6.45) is 51.7. The second-order valence-corrected chi connectivity index (χ2v) is 16.2. The first-order chi connectivity index (χ1) is 27.5. The van der Waals surface area contributed by atoms with Crippen LogP contribution in [0.2, 0.25) is 0 Å². The average molecular weight is 786 g/mol. The van der Waals surface area contributed by atoms with E-state index in [-0.39, 0.29) is 24.9 Å². The van der Waals surface area contributed by atoms with Gasteiger partial charge in [-0.3, -0.25) is 9.59 Å². The first-order valence-electron chi connectivity index (χ1n) is 23.9. The van der Waals surface area contributed by atoms with Crippen molar-refractivity contribution < 1.29 is 24.5 Å². The highest BCUT2D eigenvalue weighted by Crippen LogP contribution is 2.17. The van der Waals surface area contributed by atoms with E-state index >= 15 is 0 Å². The summed E-state index contributed by atoms with van der Waals surface area (Å²) in [7, 11) is 0. The quantitative estimate of drug-likeness (QED) is 0.0325. The number of unbranched alkanes of at least 4 members (excludes halogenated alkanes) is 22. The number of amides is 1. The maximum atomic E-state index is 13.1. The molecule has 0 aliphatic carbocycles. The third-order valence-corrected chi connectivity index (χ3v) is 10.6. The molecule has 0 saturated heterocycles. The fraction of sp³-hybridized carbons (Fsp3) is 0.800. The molecule has 0 spiro atoms. The highest BCUT2D eigenvalue weighted by Gasteiger charge is 2.24. The monoisotopic (exact) mass is 786 g/mol. The maximum absolute atomic E-state index is 13.1. The van der Waals surface area contributed by atoms with Crippen molar-refractivity contribution in [2.24, 2.45) is 0 Å². The lowest BCUT2D eigenvalue weighted by Gasteiger charge is -2.24. The molecule has 0 aromatic carbocycles. The lowest BCUT2D eigenvalue weighted by Crippen LogP contribution is -2.46. The molecule has 3 unspecified atom stereocenters. The van der Waals surface area contributed by atoms with Gasteiger partial charge in [-0.25, -0.2) is 0 Å². The number of carbonyl (C=O) groups excluding carboxylic acids is 2. The standard InChI is InChI=1S/C50H91NO5/c1-4-7-10-13-16-19-21-22-23-24-25-26-28-31-34-37-40-43-50(55)56-46(41-38-35-32-29-18-15-12-9-6-3)44-49(54)51-47(45-52)48(53)42-39-36-33-30-27-20-17-14-11-8-5-2/h15-16,18-19,22-23,25-26,46-48,52-53H,4-14,17,20-21,24,27-45H2,1-3H3,(H,51,54)/b18-15-,19-16-,23-22-,26-25-. The van der Waals surface area contributed by atoms with Gasteiger partial charge in [-0.05, 0) is 83.5 Å². The van der Waals surface area contributed by atoms with Gasteiger partial charge >= 0.3 is 5.97 Å². The van der Waals surface area contributed by atoms with E-state index in [9.17, 15) is 19.8 Å². The van der Waals surface area contributed by atoms with Gasteiger partial charge in [0.15, 0.2) is 0 Å². The number of carbonyl (C=O) groups is 2. The van der Waals surface area contributed by atoms with Crippen molar-refractivity contribution in [1.82, 2.24) is 5.32 Å². The zero-order chi connectivity index (χ0) is 41.0. The Kier molecular flexibility index (Phi) is 42.2. The number of ether oxygens (including phenoxy) is 1. The zero-order valence-electron chi connectivity index (χ0n) is 37.0. The second kappa shape index (κ2) is 43.9. The lowest BCUT2D eigenvalue weighted by atomic mass is 10.0. The minimum Gasteiger partial charge on any atom is -0.462 e. The van der Waals surface area contributed by atoms with Crippen LogP contribution in [-0.2, 0) is 14.3 Å². The largest absolute Gasteiger partial charge is 0.462 e. The molecule has 0 fully saturated rings. The first-order valence-corrected chi connectivity index (χ1v) is 23.9. The Hall–Kier alpha value is -2.18. The highest BCUT2D eigenvalue weighted by atomic mass is 16.5. The van der Waals surface area contributed by atoms with E-state index in [1.165, 1.54) is 89.9 Å². The molecule has 0 bridgehead atoms. The summed E-state index contributed by atoms with van der Waals surface area (Å²) in [6.45, 7) is 6.38. The van der Waals surface area contributed by atoms with Crippen molar-refractivity contribution in [2.75, 3.05) is 6.61 Å². The van der Waals surface area contributed by atoms with Gasteiger partial charge in [-0.1, -0.05) is 185 Å². The Morgan fingerprint density at radius 1 is 0.518 bits per heavy atom. The van der Waals surface area contributed by atoms with Gasteiger partial charge in [0.2, 0.25) is 5.91 Å². The second-order valence-electron chi connectivity index (χ2n) is 16.2. The SMILES string of the molecule is CCCC/C=C\CCCCCC(CC(=O)NC(CO)C(O)CCCCCCCCCCCCC)OC(=O)CCCCCC/C=C\C/C=C\C/C=C\CCCCC. The van der Waals surface area contributed by atoms with Gasteiger partial charge in [0.25, 0.3) is 0 Å². The number of nitrogens with one attached hydrogen (secondary N) is 1. The molecule has 0 rings (SSSR count). The van der Waals surface area contributed by atoms with Crippen LogP contribution < -0.4 is 5.32 Å². The number of aliphatic hydroxyl groups is 2. The van der Waals surface area contributed by atoms with E-state index < -0.39 is 18.2 Å². The van der Waals surface area contributed by atoms with Gasteiger partial charge in [0, 0.05) is 6.42 Å². The van der Waals surface area contributed by atoms with Crippen LogP contribution >= 0.6 is 0 Å². The average Bonchev–Trinajstić information content (AvgIpc) is 3.19. The first kappa shape index (κ1) is 53.8. The topological polar surface area (TPSA) is 95.9 Å². The van der Waals surface area contributed by atoms with E-state index in [0.717, 1.165) is 96.3 Å². The van der Waals surface area contributed by atoms with Crippen molar-refractivity contribution in [2.45, 2.75) is 251 Å². The fourth-order valence-electron chi connectivity index (χ4n) is 6.95. The van der Waals surface area contributed by atoms with E-state index in [2.05, 4.69) is 74.7 Å². The lowest BCUT2D eigenvalue weighted by molar-refractivity contribution is -0.151. The van der Waals surface area contributed by atoms with Crippen LogP contribution in [0.4, 0.5) is 0 Å². The van der Waals surface area contributed by atoms with E-state index in [1.54, 1.807) is 0 Å². The van der Waals surface area contributed by atoms with Crippen LogP contribution in [0.3, 0.4) is 0 Å². The molecule has 0 saturated carbocycles. The smallest absolute Gasteiger partial charge is 0.306 e. The van der Waals surface area contributed by atoms with Gasteiger partial charge in [0.1, 0.15) is 6.10 Å². The molecule has 0 radical (unpaired) electrons. The Labute approximate surface area is 346 Å². The van der Waals surface area contributed by atoms with Crippen LogP contribution in [0.25, 0.3) is 0 Å². The molecule has 56 heavy (non-hydrogen) atoms. The molecule has 6 nitrogen and oxygen atoms in total. The minimum atomic E-state index is -0.793. The van der Waals surface area contributed by atoms with Crippen molar-refractivity contribution in [3.05, 3.63) is 48.6 Å². The van der Waals surface area contributed by atoms with Crippen LogP contribution in [0.1, 0.15) is 233 Å². The third-order valence-electron chi connectivity index (χ3n) is 10.6. The normalized spacial score (nSPS) is 13.7. The van der Waals surface area contributed by atoms with Crippen LogP contribution in [0.15, 0.2) is 48.6 Å². The number of aliphatic hydroxyl groups excluding tert-OH is 2. The molecular weight excluding hydrogens is 695 g/mol. The predicted octanol–water partition coefficient (Wildman–Crippen LogP) is 13.9. The van der Waals surface area contributed by atoms with Crippen molar-refractivity contribution in [1.29, 1.82) is 0 Å². The molecule has 0 aromatic rings. The summed E-state index contributed by atoms with van der Waals surface area (Å²) < 4.78 is 5.88. The van der Waals surface area contributed by atoms with Crippen LogP contribution in [-0.4, -0.2) is 46.9 Å². The molecular formula is C50H91NO5. The molecule has 3 N–H and O–H groups in total. The summed E-state index contributed by atoms with van der Waals surface area (Å²) in [5.74, 6) is -0.517. The molecule has 3 atom stereocenters. The van der Waals surface area contributed by atoms with E-state index in [0.29, 0.717) is 19.3 Å². The summed E-state index contributed by atoms with van der Waals surface area (Å²) in [5, 5.41) is 23.6. The molecule has 0 aliphatic rings. The fourth-order valence-corrected chi connectivity index (χ4v) is 6.95. The Morgan fingerprint density at radius 3 is 1.50 bits per heavy atom. The molecule has 0 aromatic heterocycles. The summed E-state index contributed by atoms with van der Waals surface area (Å²) in [6, 6.07) is -0.708. The van der Waals surface area contributed by atoms with Gasteiger partial charge in [-0.15, -0.1) is 0 Å². The number of hydrogen-bond acceptors (Lipinski definition) is 5. The number of hydrogen-bond donors (Lipinski definition) is 3. The highest BCUT2D eigenvalue weighted by molar-refractivity contribution is 5.77. The van der Waals surface area contributed by atoms with Crippen LogP contribution in [0, 0.1) is 0 Å². The van der Waals surface area contributed by atoms with Crippen molar-refractivity contribution in [3.8, 4) is 0 Å². The summed E-state index contributed by atoms with van der Waals surface area (Å²) in [5.41, 5.74) is 0. The van der Waals surface area contributed by atoms with E-state index in [1.807, 2.05) is 0 Å². The third kappa shape index (κ3) is 38.7. The summed E-state index contributed by atoms with van der Waals surface area (Å²) in [4.78, 5) is 26.0. The zero-order valence-corrected chi connectivity index (χ0v) is 37.0. The summed E-state index contributed by atoms with van der Waals surface area (Å²) >= 11 is 0. The van der Waals surface area contributed by atoms with Gasteiger partial charge in [0.05, 0.1) is 25.2 Å². The van der Waals surface area contributed by atoms with Gasteiger partial charge in [-0.2, -0.15) is 0 Å². The van der Waals surface area contributed by atoms with Crippen molar-refractivity contribution >= 4 is 11.9 Å². The molecule has 1 amide bonds. The Bertz CT molecular complexity index is 972. The minimum absolute atomic E-state index is 0.0571. The number of rotatable bonds is 42. The number of allylic oxidation sites excluding steroid dienone is 8. The Balaban J connectivity index is 4.55. The predicted molar refractivity (Wildman–Crippen MR) is 241 cm³/mol. The molecule has 6 heteroatoms. The van der Waals surface area contributed by atoms with Gasteiger partial charge < -0.3 is 20.3 Å². The molecule has 326 valence electrons. The van der Waals surface area contributed by atoms with Crippen LogP contribution in [0.5, 0.6) is 0 Å². The Morgan fingerprint density at radius 2 is 0.929 bits per heavy atom. The van der Waals surface area contributed by atoms with E-state index in [4.69, 9.17) is 4.74 Å². The maximum Gasteiger partial charge on any atom is 0.306 e. The van der Waals surface area contributed by atoms with Crippen molar-refractivity contribution in [3.63, 3.8) is 0 Å². The number of esters is 1. The molecule has 0 heterocycles.